The fourth-order valence-electron chi connectivity index (χ4n) is 4.00. The van der Waals surface area contributed by atoms with E-state index in [4.69, 9.17) is 4.42 Å². The molecule has 1 unspecified atom stereocenters. The lowest BCUT2D eigenvalue weighted by molar-refractivity contribution is -0.119. The molecule has 3 aromatic rings. The molecule has 1 aliphatic heterocycles. The van der Waals surface area contributed by atoms with Crippen molar-refractivity contribution in [2.75, 3.05) is 32.1 Å². The lowest BCUT2D eigenvalue weighted by Crippen LogP contribution is -2.17. The average molecular weight is 380 g/mol. The highest BCUT2D eigenvalue weighted by atomic mass is 19.1. The van der Waals surface area contributed by atoms with Gasteiger partial charge in [0.2, 0.25) is 0 Å². The van der Waals surface area contributed by atoms with Gasteiger partial charge in [-0.05, 0) is 54.4 Å². The lowest BCUT2D eigenvalue weighted by atomic mass is 9.88. The Labute approximate surface area is 164 Å². The molecule has 4 rings (SSSR count). The monoisotopic (exact) mass is 380 g/mol. The second-order valence-electron chi connectivity index (χ2n) is 7.84. The van der Waals surface area contributed by atoms with E-state index in [1.807, 2.05) is 49.3 Å². The highest BCUT2D eigenvalue weighted by Crippen LogP contribution is 2.34. The van der Waals surface area contributed by atoms with Crippen LogP contribution in [0.3, 0.4) is 0 Å². The van der Waals surface area contributed by atoms with Crippen molar-refractivity contribution in [3.63, 3.8) is 0 Å². The molecule has 1 fully saturated rings. The van der Waals surface area contributed by atoms with E-state index < -0.39 is 0 Å². The predicted molar refractivity (Wildman–Crippen MR) is 109 cm³/mol. The van der Waals surface area contributed by atoms with E-state index in [9.17, 15) is 9.18 Å². The van der Waals surface area contributed by atoms with Gasteiger partial charge in [-0.15, -0.1) is 0 Å². The standard InChI is InChI=1S/C23H25FN2O2/c1-26(2)19-6-3-15(4-7-19)9-20(27)11-17-13-25-14-21(17)23-12-16-10-18(24)5-8-22(16)28-23/h3-8,10,12,17,21,25H,9,11,13-14H2,1-2H3/t17-,21?/m1/s1. The minimum Gasteiger partial charge on any atom is -0.461 e. The van der Waals surface area contributed by atoms with Crippen molar-refractivity contribution in [3.8, 4) is 0 Å². The largest absolute Gasteiger partial charge is 0.461 e. The SMILES string of the molecule is CN(C)c1ccc(CC(=O)C[C@@H]2CNCC2c2cc3cc(F)ccc3o2)cc1. The first-order valence-electron chi connectivity index (χ1n) is 9.67. The number of benzene rings is 2. The summed E-state index contributed by atoms with van der Waals surface area (Å²) in [5, 5.41) is 4.15. The molecule has 146 valence electrons. The van der Waals surface area contributed by atoms with Crippen LogP contribution in [0.15, 0.2) is 52.9 Å². The predicted octanol–water partition coefficient (Wildman–Crippen LogP) is 4.14. The second kappa shape index (κ2) is 7.76. The first-order chi connectivity index (χ1) is 13.5. The van der Waals surface area contributed by atoms with Gasteiger partial charge >= 0.3 is 0 Å². The topological polar surface area (TPSA) is 45.5 Å². The van der Waals surface area contributed by atoms with E-state index in [2.05, 4.69) is 5.32 Å². The quantitative estimate of drug-likeness (QED) is 0.698. The van der Waals surface area contributed by atoms with Crippen LogP contribution in [0.5, 0.6) is 0 Å². The molecule has 0 amide bonds. The van der Waals surface area contributed by atoms with Gasteiger partial charge in [-0.1, -0.05) is 12.1 Å². The molecule has 0 saturated carbocycles. The Bertz CT molecular complexity index is 978. The van der Waals surface area contributed by atoms with E-state index in [-0.39, 0.29) is 23.4 Å². The molecule has 0 bridgehead atoms. The highest BCUT2D eigenvalue weighted by molar-refractivity contribution is 5.81. The summed E-state index contributed by atoms with van der Waals surface area (Å²) in [4.78, 5) is 14.7. The third-order valence-corrected chi connectivity index (χ3v) is 5.55. The molecule has 4 nitrogen and oxygen atoms in total. The number of Topliss-reactive ketones (excluding diaryl/α,β-unsaturated/α-hetero) is 1. The number of furan rings is 1. The molecule has 28 heavy (non-hydrogen) atoms. The van der Waals surface area contributed by atoms with Gasteiger partial charge in [-0.2, -0.15) is 0 Å². The lowest BCUT2D eigenvalue weighted by Gasteiger charge is -2.16. The third kappa shape index (κ3) is 3.94. The van der Waals surface area contributed by atoms with Crippen molar-refractivity contribution in [3.05, 3.63) is 65.7 Å². The normalized spacial score (nSPS) is 19.2. The number of halogens is 1. The Morgan fingerprint density at radius 3 is 2.68 bits per heavy atom. The van der Waals surface area contributed by atoms with Gasteiger partial charge in [0.1, 0.15) is 22.9 Å². The molecule has 2 atom stereocenters. The number of rotatable bonds is 6. The van der Waals surface area contributed by atoms with Gasteiger partial charge in [-0.3, -0.25) is 4.79 Å². The summed E-state index contributed by atoms with van der Waals surface area (Å²) in [6, 6.07) is 14.6. The molecule has 1 N–H and O–H groups in total. The number of ketones is 1. The van der Waals surface area contributed by atoms with Crippen molar-refractivity contribution < 1.29 is 13.6 Å². The van der Waals surface area contributed by atoms with Crippen LogP contribution in [-0.4, -0.2) is 33.0 Å². The number of hydrogen-bond donors (Lipinski definition) is 1. The Hall–Kier alpha value is -2.66. The van der Waals surface area contributed by atoms with Gasteiger partial charge in [0.05, 0.1) is 0 Å². The number of nitrogens with zero attached hydrogens (tertiary/aromatic N) is 1. The van der Waals surface area contributed by atoms with Crippen molar-refractivity contribution in [2.24, 2.45) is 5.92 Å². The zero-order valence-corrected chi connectivity index (χ0v) is 16.2. The van der Waals surface area contributed by atoms with Gasteiger partial charge in [0.25, 0.3) is 0 Å². The Morgan fingerprint density at radius 1 is 1.14 bits per heavy atom. The van der Waals surface area contributed by atoms with Crippen molar-refractivity contribution in [1.82, 2.24) is 5.32 Å². The summed E-state index contributed by atoms with van der Waals surface area (Å²) in [6.07, 6.45) is 0.959. The van der Waals surface area contributed by atoms with Crippen LogP contribution >= 0.6 is 0 Å². The molecule has 2 heterocycles. The molecule has 1 aliphatic rings. The Morgan fingerprint density at radius 2 is 1.93 bits per heavy atom. The van der Waals surface area contributed by atoms with Crippen LogP contribution < -0.4 is 10.2 Å². The number of fused-ring (bicyclic) bond motifs is 1. The first-order valence-corrected chi connectivity index (χ1v) is 9.67. The summed E-state index contributed by atoms with van der Waals surface area (Å²) in [6.45, 7) is 1.57. The summed E-state index contributed by atoms with van der Waals surface area (Å²) in [7, 11) is 4.00. The van der Waals surface area contributed by atoms with E-state index in [0.717, 1.165) is 35.5 Å². The van der Waals surface area contributed by atoms with Gasteiger partial charge in [-0.25, -0.2) is 4.39 Å². The third-order valence-electron chi connectivity index (χ3n) is 5.55. The Kier molecular flexibility index (Phi) is 5.18. The highest BCUT2D eigenvalue weighted by Gasteiger charge is 2.32. The number of anilines is 1. The second-order valence-corrected chi connectivity index (χ2v) is 7.84. The fourth-order valence-corrected chi connectivity index (χ4v) is 4.00. The van der Waals surface area contributed by atoms with Crippen LogP contribution in [0.4, 0.5) is 10.1 Å². The van der Waals surface area contributed by atoms with Gasteiger partial charge < -0.3 is 14.6 Å². The summed E-state index contributed by atoms with van der Waals surface area (Å²) in [5.74, 6) is 1.13. The Balaban J connectivity index is 1.43. The van der Waals surface area contributed by atoms with Crippen molar-refractivity contribution in [2.45, 2.75) is 18.8 Å². The smallest absolute Gasteiger partial charge is 0.137 e. The summed E-state index contributed by atoms with van der Waals surface area (Å²) < 4.78 is 19.4. The van der Waals surface area contributed by atoms with E-state index in [1.165, 1.54) is 12.1 Å². The van der Waals surface area contributed by atoms with Gasteiger partial charge in [0, 0.05) is 50.5 Å². The van der Waals surface area contributed by atoms with Crippen LogP contribution in [0.25, 0.3) is 11.0 Å². The zero-order valence-electron chi connectivity index (χ0n) is 16.2. The fraction of sp³-hybridized carbons (Fsp3) is 0.348. The molecule has 0 radical (unpaired) electrons. The average Bonchev–Trinajstić information content (AvgIpc) is 3.28. The van der Waals surface area contributed by atoms with Crippen LogP contribution in [0.2, 0.25) is 0 Å². The molecule has 5 heteroatoms. The van der Waals surface area contributed by atoms with E-state index >= 15 is 0 Å². The van der Waals surface area contributed by atoms with E-state index in [1.54, 1.807) is 6.07 Å². The number of hydrogen-bond acceptors (Lipinski definition) is 4. The molecule has 2 aromatic carbocycles. The maximum absolute atomic E-state index is 13.4. The minimum absolute atomic E-state index is 0.135. The maximum Gasteiger partial charge on any atom is 0.137 e. The first kappa shape index (κ1) is 18.7. The number of carbonyl (C=O) groups is 1. The molecule has 1 saturated heterocycles. The minimum atomic E-state index is -0.267. The van der Waals surface area contributed by atoms with Gasteiger partial charge in [0.15, 0.2) is 0 Å². The molecule has 0 spiro atoms. The van der Waals surface area contributed by atoms with Crippen molar-refractivity contribution >= 4 is 22.4 Å². The summed E-state index contributed by atoms with van der Waals surface area (Å²) in [5.41, 5.74) is 2.85. The number of nitrogens with one attached hydrogen (secondary N) is 1. The van der Waals surface area contributed by atoms with Crippen molar-refractivity contribution in [1.29, 1.82) is 0 Å². The molecular formula is C23H25FN2O2. The van der Waals surface area contributed by atoms with Crippen LogP contribution in [0, 0.1) is 11.7 Å². The molecular weight excluding hydrogens is 355 g/mol. The summed E-state index contributed by atoms with van der Waals surface area (Å²) >= 11 is 0. The molecule has 1 aromatic heterocycles. The zero-order chi connectivity index (χ0) is 19.7. The number of carbonyl (C=O) groups excluding carboxylic acids is 1. The van der Waals surface area contributed by atoms with E-state index in [0.29, 0.717) is 18.4 Å². The van der Waals surface area contributed by atoms with Crippen LogP contribution in [-0.2, 0) is 11.2 Å². The molecule has 0 aliphatic carbocycles. The maximum atomic E-state index is 13.4. The van der Waals surface area contributed by atoms with Crippen LogP contribution in [0.1, 0.15) is 23.7 Å².